The minimum absolute atomic E-state index is 0.150. The van der Waals surface area contributed by atoms with E-state index in [4.69, 9.17) is 0 Å². The molecule has 1 saturated heterocycles. The normalized spacial score (nSPS) is 21.0. The lowest BCUT2D eigenvalue weighted by atomic mass is 10.0. The van der Waals surface area contributed by atoms with Gasteiger partial charge in [0.25, 0.3) is 5.91 Å². The lowest BCUT2D eigenvalue weighted by Crippen LogP contribution is -2.52. The van der Waals surface area contributed by atoms with E-state index in [1.807, 2.05) is 18.2 Å². The Morgan fingerprint density at radius 1 is 1.21 bits per heavy atom. The second kappa shape index (κ2) is 7.00. The van der Waals surface area contributed by atoms with E-state index >= 15 is 0 Å². The quantitative estimate of drug-likeness (QED) is 0.559. The molecule has 9 heteroatoms. The van der Waals surface area contributed by atoms with Crippen LogP contribution in [0.3, 0.4) is 0 Å². The van der Waals surface area contributed by atoms with Crippen molar-refractivity contribution in [1.29, 1.82) is 0 Å². The number of benzene rings is 1. The molecule has 1 atom stereocenters. The molecule has 5 rings (SSSR count). The van der Waals surface area contributed by atoms with Crippen molar-refractivity contribution in [3.05, 3.63) is 46.1 Å². The van der Waals surface area contributed by atoms with Crippen molar-refractivity contribution >= 4 is 23.5 Å². The summed E-state index contributed by atoms with van der Waals surface area (Å²) in [4.78, 5) is 37.9. The summed E-state index contributed by atoms with van der Waals surface area (Å²) in [6.07, 6.45) is 1.57. The van der Waals surface area contributed by atoms with Crippen molar-refractivity contribution in [2.75, 3.05) is 11.9 Å². The minimum Gasteiger partial charge on any atom is -0.364 e. The monoisotopic (exact) mass is 394 g/mol. The molecular formula is C20H22N6O3. The fraction of sp³-hybridized carbons (Fsp3) is 0.400. The summed E-state index contributed by atoms with van der Waals surface area (Å²) in [5.41, 5.74) is 4.93. The molecule has 0 spiro atoms. The summed E-state index contributed by atoms with van der Waals surface area (Å²) in [5.74, 6) is 0.0633. The molecule has 0 aliphatic carbocycles. The summed E-state index contributed by atoms with van der Waals surface area (Å²) >= 11 is 0. The summed E-state index contributed by atoms with van der Waals surface area (Å²) in [5, 5.41) is 16.5. The van der Waals surface area contributed by atoms with Crippen LogP contribution in [0.1, 0.15) is 45.6 Å². The van der Waals surface area contributed by atoms with Crippen LogP contribution >= 0.6 is 0 Å². The number of nitrogens with one attached hydrogen (secondary N) is 4. The highest BCUT2D eigenvalue weighted by Crippen LogP contribution is 2.28. The Morgan fingerprint density at radius 3 is 2.97 bits per heavy atom. The van der Waals surface area contributed by atoms with Gasteiger partial charge in [0.1, 0.15) is 6.04 Å². The second-order valence-corrected chi connectivity index (χ2v) is 7.70. The van der Waals surface area contributed by atoms with Crippen LogP contribution in [0.2, 0.25) is 0 Å². The first kappa shape index (κ1) is 17.9. The molecule has 29 heavy (non-hydrogen) atoms. The summed E-state index contributed by atoms with van der Waals surface area (Å²) in [6, 6.07) is 5.17. The lowest BCUT2D eigenvalue weighted by Gasteiger charge is -2.29. The van der Waals surface area contributed by atoms with Crippen LogP contribution in [0.4, 0.5) is 5.82 Å². The maximum absolute atomic E-state index is 12.8. The van der Waals surface area contributed by atoms with Gasteiger partial charge in [-0.25, -0.2) is 0 Å². The van der Waals surface area contributed by atoms with Gasteiger partial charge in [0, 0.05) is 37.2 Å². The first-order valence-electron chi connectivity index (χ1n) is 9.87. The first-order valence-corrected chi connectivity index (χ1v) is 9.87. The largest absolute Gasteiger partial charge is 0.364 e. The zero-order valence-corrected chi connectivity index (χ0v) is 15.9. The number of aromatic nitrogens is 2. The van der Waals surface area contributed by atoms with E-state index in [9.17, 15) is 14.4 Å². The highest BCUT2D eigenvalue weighted by Gasteiger charge is 2.39. The van der Waals surface area contributed by atoms with Crippen LogP contribution < -0.4 is 16.0 Å². The van der Waals surface area contributed by atoms with E-state index < -0.39 is 6.04 Å². The van der Waals surface area contributed by atoms with Gasteiger partial charge < -0.3 is 15.5 Å². The molecule has 3 aliphatic rings. The molecule has 2 aromatic rings. The number of aromatic amines is 1. The molecule has 0 saturated carbocycles. The number of carbonyl (C=O) groups is 3. The molecule has 3 aliphatic heterocycles. The molecule has 0 bridgehead atoms. The number of fused-ring (bicyclic) bond motifs is 2. The van der Waals surface area contributed by atoms with Crippen LogP contribution in [0.5, 0.6) is 0 Å². The van der Waals surface area contributed by atoms with E-state index in [1.54, 1.807) is 4.90 Å². The maximum atomic E-state index is 12.8. The molecule has 150 valence electrons. The van der Waals surface area contributed by atoms with Gasteiger partial charge in [0.15, 0.2) is 5.82 Å². The highest BCUT2D eigenvalue weighted by molar-refractivity contribution is 6.05. The van der Waals surface area contributed by atoms with E-state index in [1.165, 1.54) is 5.56 Å². The van der Waals surface area contributed by atoms with Crippen LogP contribution in [0, 0.1) is 0 Å². The van der Waals surface area contributed by atoms with Gasteiger partial charge in [-0.3, -0.25) is 24.8 Å². The Hall–Kier alpha value is -3.20. The fourth-order valence-corrected chi connectivity index (χ4v) is 4.31. The molecule has 3 amide bonds. The van der Waals surface area contributed by atoms with Gasteiger partial charge in [0.2, 0.25) is 11.8 Å². The molecule has 1 aromatic heterocycles. The Bertz CT molecular complexity index is 1010. The van der Waals surface area contributed by atoms with E-state index in [0.29, 0.717) is 25.1 Å². The Labute approximate surface area is 167 Å². The summed E-state index contributed by atoms with van der Waals surface area (Å²) < 4.78 is 0. The van der Waals surface area contributed by atoms with Crippen molar-refractivity contribution in [2.24, 2.45) is 0 Å². The van der Waals surface area contributed by atoms with Crippen molar-refractivity contribution in [3.63, 3.8) is 0 Å². The average Bonchev–Trinajstić information content (AvgIpc) is 3.27. The van der Waals surface area contributed by atoms with Gasteiger partial charge >= 0.3 is 0 Å². The van der Waals surface area contributed by atoms with Crippen molar-refractivity contribution in [2.45, 2.75) is 44.9 Å². The van der Waals surface area contributed by atoms with Gasteiger partial charge in [-0.05, 0) is 36.6 Å². The van der Waals surface area contributed by atoms with Gasteiger partial charge in [-0.15, -0.1) is 0 Å². The molecular weight excluding hydrogens is 372 g/mol. The third kappa shape index (κ3) is 3.17. The number of carbonyl (C=O) groups excluding carboxylic acids is 3. The van der Waals surface area contributed by atoms with Crippen molar-refractivity contribution in [3.8, 4) is 0 Å². The Morgan fingerprint density at radius 2 is 2.10 bits per heavy atom. The van der Waals surface area contributed by atoms with Crippen LogP contribution in [0.15, 0.2) is 18.2 Å². The Balaban J connectivity index is 1.29. The van der Waals surface area contributed by atoms with Gasteiger partial charge in [-0.2, -0.15) is 5.10 Å². The predicted octanol–water partition coefficient (Wildman–Crippen LogP) is 0.429. The number of hydrogen-bond acceptors (Lipinski definition) is 6. The smallest absolute Gasteiger partial charge is 0.255 e. The third-order valence-corrected chi connectivity index (χ3v) is 5.85. The Kier molecular flexibility index (Phi) is 4.31. The first-order chi connectivity index (χ1) is 14.1. The average molecular weight is 394 g/mol. The van der Waals surface area contributed by atoms with E-state index in [-0.39, 0.29) is 24.1 Å². The molecule has 4 N–H and O–H groups in total. The lowest BCUT2D eigenvalue weighted by molar-refractivity contribution is -0.136. The summed E-state index contributed by atoms with van der Waals surface area (Å²) in [6.45, 7) is 2.74. The number of imide groups is 1. The molecule has 1 fully saturated rings. The van der Waals surface area contributed by atoms with Gasteiger partial charge in [0.05, 0.1) is 5.69 Å². The van der Waals surface area contributed by atoms with Crippen LogP contribution in [0.25, 0.3) is 0 Å². The number of nitrogens with zero attached hydrogens (tertiary/aromatic N) is 2. The zero-order chi connectivity index (χ0) is 20.0. The predicted molar refractivity (Wildman–Crippen MR) is 104 cm³/mol. The second-order valence-electron chi connectivity index (χ2n) is 7.70. The number of rotatable bonds is 4. The van der Waals surface area contributed by atoms with Crippen LogP contribution in [-0.2, 0) is 35.6 Å². The number of anilines is 1. The number of H-pyrrole nitrogens is 1. The van der Waals surface area contributed by atoms with E-state index in [0.717, 1.165) is 42.1 Å². The number of hydrogen-bond donors (Lipinski definition) is 4. The van der Waals surface area contributed by atoms with Gasteiger partial charge in [-0.1, -0.05) is 12.1 Å². The third-order valence-electron chi connectivity index (χ3n) is 5.85. The molecule has 0 radical (unpaired) electrons. The van der Waals surface area contributed by atoms with Crippen molar-refractivity contribution < 1.29 is 14.4 Å². The number of piperidine rings is 1. The molecule has 4 heterocycles. The zero-order valence-electron chi connectivity index (χ0n) is 15.9. The van der Waals surface area contributed by atoms with Crippen molar-refractivity contribution in [1.82, 2.24) is 25.7 Å². The highest BCUT2D eigenvalue weighted by atomic mass is 16.2. The summed E-state index contributed by atoms with van der Waals surface area (Å²) in [7, 11) is 0. The fourth-order valence-electron chi connectivity index (χ4n) is 4.31. The molecule has 1 unspecified atom stereocenters. The van der Waals surface area contributed by atoms with E-state index in [2.05, 4.69) is 26.1 Å². The maximum Gasteiger partial charge on any atom is 0.255 e. The standard InChI is InChI=1S/C20H22N6O3/c27-17-4-3-16(19(28)23-17)26-10-12-7-11(1-2-13(12)20(26)29)8-22-18-14-5-6-21-9-15(14)24-25-18/h1-2,7,16,21H,3-6,8-10H2,(H2,22,24,25)(H,23,27,28). The minimum atomic E-state index is -0.585. The SMILES string of the molecule is O=C1CCC(N2Cc3cc(CNc4n[nH]c5c4CCNC5)ccc3C2=O)C(=O)N1. The molecule has 9 nitrogen and oxygen atoms in total. The topological polar surface area (TPSA) is 119 Å². The molecule has 1 aromatic carbocycles. The number of amides is 3. The van der Waals surface area contributed by atoms with Crippen LogP contribution in [-0.4, -0.2) is 45.4 Å².